The minimum absolute atomic E-state index is 0.276. The molecule has 7 heteroatoms. The Bertz CT molecular complexity index is 1060. The third kappa shape index (κ3) is 3.98. The van der Waals surface area contributed by atoms with Crippen molar-refractivity contribution in [2.75, 3.05) is 7.05 Å². The predicted molar refractivity (Wildman–Crippen MR) is 108 cm³/mol. The second-order valence-electron chi connectivity index (χ2n) is 6.66. The van der Waals surface area contributed by atoms with Gasteiger partial charge in [0.15, 0.2) is 0 Å². The van der Waals surface area contributed by atoms with Gasteiger partial charge in [0.2, 0.25) is 0 Å². The summed E-state index contributed by atoms with van der Waals surface area (Å²) in [6.45, 7) is 1.39. The molecule has 4 aromatic rings. The van der Waals surface area contributed by atoms with E-state index >= 15 is 0 Å². The largest absolute Gasteiger partial charge is 0.296 e. The number of aromatic nitrogens is 4. The monoisotopic (exact) mass is 395 g/mol. The van der Waals surface area contributed by atoms with Crippen LogP contribution in [-0.4, -0.2) is 31.9 Å². The maximum Gasteiger partial charge on any atom is 0.123 e. The SMILES string of the molecule is CN(Cc1ccn[nH]1)Cc1cn(-c2ccc(F)cc2)nc1-c1ccccc1Cl. The number of aromatic amines is 1. The molecule has 0 amide bonds. The fourth-order valence-electron chi connectivity index (χ4n) is 3.14. The molecule has 1 N–H and O–H groups in total. The molecular formula is C21H19ClFN5. The molecule has 0 radical (unpaired) electrons. The van der Waals surface area contributed by atoms with Crippen molar-refractivity contribution in [3.8, 4) is 16.9 Å². The Labute approximate surface area is 167 Å². The number of benzene rings is 2. The fourth-order valence-corrected chi connectivity index (χ4v) is 3.37. The van der Waals surface area contributed by atoms with Crippen molar-refractivity contribution in [3.63, 3.8) is 0 Å². The zero-order valence-corrected chi connectivity index (χ0v) is 16.1. The highest BCUT2D eigenvalue weighted by atomic mass is 35.5. The summed E-state index contributed by atoms with van der Waals surface area (Å²) in [4.78, 5) is 2.17. The number of hydrogen-bond donors (Lipinski definition) is 1. The van der Waals surface area contributed by atoms with Crippen molar-refractivity contribution in [3.05, 3.63) is 89.1 Å². The van der Waals surface area contributed by atoms with Crippen LogP contribution in [0.1, 0.15) is 11.3 Å². The smallest absolute Gasteiger partial charge is 0.123 e. The third-order valence-corrected chi connectivity index (χ3v) is 4.78. The number of rotatable bonds is 6. The van der Waals surface area contributed by atoms with E-state index in [0.717, 1.165) is 34.7 Å². The van der Waals surface area contributed by atoms with Crippen molar-refractivity contribution in [1.29, 1.82) is 0 Å². The zero-order valence-electron chi connectivity index (χ0n) is 15.3. The van der Waals surface area contributed by atoms with Gasteiger partial charge in [0.25, 0.3) is 0 Å². The second-order valence-corrected chi connectivity index (χ2v) is 7.07. The summed E-state index contributed by atoms with van der Waals surface area (Å²) in [7, 11) is 2.03. The quantitative estimate of drug-likeness (QED) is 0.515. The molecule has 0 bridgehead atoms. The van der Waals surface area contributed by atoms with Crippen LogP contribution in [0.5, 0.6) is 0 Å². The average molecular weight is 396 g/mol. The molecule has 0 atom stereocenters. The number of halogens is 2. The van der Waals surface area contributed by atoms with Gasteiger partial charge >= 0.3 is 0 Å². The summed E-state index contributed by atoms with van der Waals surface area (Å²) in [6, 6.07) is 15.9. The van der Waals surface area contributed by atoms with E-state index in [2.05, 4.69) is 15.1 Å². The van der Waals surface area contributed by atoms with Gasteiger partial charge in [-0.25, -0.2) is 9.07 Å². The molecule has 2 aromatic heterocycles. The number of H-pyrrole nitrogens is 1. The summed E-state index contributed by atoms with van der Waals surface area (Å²) in [5.74, 6) is -0.276. The van der Waals surface area contributed by atoms with Gasteiger partial charge in [0.1, 0.15) is 5.82 Å². The van der Waals surface area contributed by atoms with E-state index in [-0.39, 0.29) is 5.82 Å². The lowest BCUT2D eigenvalue weighted by atomic mass is 10.1. The molecule has 0 saturated heterocycles. The molecule has 0 saturated carbocycles. The Kier molecular flexibility index (Phi) is 5.23. The van der Waals surface area contributed by atoms with Crippen molar-refractivity contribution < 1.29 is 4.39 Å². The third-order valence-electron chi connectivity index (χ3n) is 4.45. The highest BCUT2D eigenvalue weighted by Crippen LogP contribution is 2.30. The minimum Gasteiger partial charge on any atom is -0.296 e. The molecule has 0 fully saturated rings. The van der Waals surface area contributed by atoms with Crippen LogP contribution in [0.15, 0.2) is 67.0 Å². The summed E-state index contributed by atoms with van der Waals surface area (Å²) < 4.78 is 15.1. The first kappa shape index (κ1) is 18.4. The van der Waals surface area contributed by atoms with Crippen molar-refractivity contribution in [2.24, 2.45) is 0 Å². The van der Waals surface area contributed by atoms with E-state index in [1.807, 2.05) is 43.6 Å². The molecule has 0 aliphatic rings. The molecule has 0 unspecified atom stereocenters. The number of hydrogen-bond acceptors (Lipinski definition) is 3. The van der Waals surface area contributed by atoms with Gasteiger partial charge in [0.05, 0.1) is 16.4 Å². The number of nitrogens with zero attached hydrogens (tertiary/aromatic N) is 4. The Morgan fingerprint density at radius 1 is 1.07 bits per heavy atom. The van der Waals surface area contributed by atoms with Crippen molar-refractivity contribution in [2.45, 2.75) is 13.1 Å². The van der Waals surface area contributed by atoms with Gasteiger partial charge in [-0.3, -0.25) is 10.00 Å². The topological polar surface area (TPSA) is 49.7 Å². The molecule has 0 aliphatic heterocycles. The lowest BCUT2D eigenvalue weighted by Gasteiger charge is -2.15. The maximum absolute atomic E-state index is 13.3. The lowest BCUT2D eigenvalue weighted by molar-refractivity contribution is 0.315. The highest BCUT2D eigenvalue weighted by molar-refractivity contribution is 6.33. The van der Waals surface area contributed by atoms with E-state index in [1.165, 1.54) is 12.1 Å². The van der Waals surface area contributed by atoms with E-state index in [1.54, 1.807) is 23.0 Å². The van der Waals surface area contributed by atoms with E-state index in [0.29, 0.717) is 11.6 Å². The van der Waals surface area contributed by atoms with Crippen LogP contribution in [0.2, 0.25) is 5.02 Å². The highest BCUT2D eigenvalue weighted by Gasteiger charge is 2.16. The Balaban J connectivity index is 1.70. The van der Waals surface area contributed by atoms with Gasteiger partial charge < -0.3 is 0 Å². The summed E-state index contributed by atoms with van der Waals surface area (Å²) in [6.07, 6.45) is 3.71. The standard InChI is InChI=1S/C21H19ClFN5/c1-27(14-17-10-11-24-25-17)12-15-13-28(18-8-6-16(23)7-9-18)26-21(15)19-4-2-3-5-20(19)22/h2-11,13H,12,14H2,1H3,(H,24,25). The molecule has 2 aromatic carbocycles. The second kappa shape index (κ2) is 7.96. The van der Waals surface area contributed by atoms with Gasteiger partial charge in [-0.2, -0.15) is 10.2 Å². The van der Waals surface area contributed by atoms with Crippen LogP contribution in [0.3, 0.4) is 0 Å². The lowest BCUT2D eigenvalue weighted by Crippen LogP contribution is -2.17. The van der Waals surface area contributed by atoms with Crippen LogP contribution in [0.25, 0.3) is 16.9 Å². The van der Waals surface area contributed by atoms with E-state index in [9.17, 15) is 4.39 Å². The Hall–Kier alpha value is -2.96. The first-order valence-electron chi connectivity index (χ1n) is 8.86. The first-order valence-corrected chi connectivity index (χ1v) is 9.24. The average Bonchev–Trinajstić information content (AvgIpc) is 3.33. The van der Waals surface area contributed by atoms with Gasteiger partial charge in [-0.1, -0.05) is 29.8 Å². The fraction of sp³-hybridized carbons (Fsp3) is 0.143. The molecule has 2 heterocycles. The van der Waals surface area contributed by atoms with E-state index < -0.39 is 0 Å². The summed E-state index contributed by atoms with van der Waals surface area (Å²) in [5.41, 5.74) is 4.53. The van der Waals surface area contributed by atoms with Gasteiger partial charge in [-0.15, -0.1) is 0 Å². The molecule has 0 spiro atoms. The molecule has 28 heavy (non-hydrogen) atoms. The predicted octanol–water partition coefficient (Wildman–Crippen LogP) is 4.69. The first-order chi connectivity index (χ1) is 13.6. The minimum atomic E-state index is -0.276. The molecule has 5 nitrogen and oxygen atoms in total. The van der Waals surface area contributed by atoms with Crippen molar-refractivity contribution >= 4 is 11.6 Å². The maximum atomic E-state index is 13.3. The molecular weight excluding hydrogens is 377 g/mol. The molecule has 4 rings (SSSR count). The number of nitrogens with one attached hydrogen (secondary N) is 1. The molecule has 0 aliphatic carbocycles. The van der Waals surface area contributed by atoms with Crippen LogP contribution < -0.4 is 0 Å². The summed E-state index contributed by atoms with van der Waals surface area (Å²) >= 11 is 6.43. The van der Waals surface area contributed by atoms with Crippen LogP contribution in [0, 0.1) is 5.82 Å². The van der Waals surface area contributed by atoms with Gasteiger partial charge in [-0.05, 0) is 43.4 Å². The van der Waals surface area contributed by atoms with Crippen LogP contribution in [-0.2, 0) is 13.1 Å². The zero-order chi connectivity index (χ0) is 19.5. The van der Waals surface area contributed by atoms with Crippen LogP contribution >= 0.6 is 11.6 Å². The normalized spacial score (nSPS) is 11.3. The Morgan fingerprint density at radius 2 is 1.86 bits per heavy atom. The summed E-state index contributed by atoms with van der Waals surface area (Å²) in [5, 5.41) is 12.4. The van der Waals surface area contributed by atoms with Gasteiger partial charge in [0, 0.05) is 42.3 Å². The Morgan fingerprint density at radius 3 is 2.57 bits per heavy atom. The molecule has 142 valence electrons. The van der Waals surface area contributed by atoms with E-state index in [4.69, 9.17) is 16.7 Å². The van der Waals surface area contributed by atoms with Crippen molar-refractivity contribution in [1.82, 2.24) is 24.9 Å². The van der Waals surface area contributed by atoms with Crippen LogP contribution in [0.4, 0.5) is 4.39 Å².